The lowest BCUT2D eigenvalue weighted by Gasteiger charge is -2.13. The first-order valence-corrected chi connectivity index (χ1v) is 7.36. The van der Waals surface area contributed by atoms with E-state index in [1.807, 2.05) is 6.92 Å². The maximum atomic E-state index is 12.3. The van der Waals surface area contributed by atoms with Crippen molar-refractivity contribution in [3.63, 3.8) is 0 Å². The van der Waals surface area contributed by atoms with Crippen LogP contribution in [0.3, 0.4) is 0 Å². The van der Waals surface area contributed by atoms with Gasteiger partial charge in [-0.15, -0.1) is 0 Å². The number of nitrogens with one attached hydrogen (secondary N) is 1. The van der Waals surface area contributed by atoms with Crippen molar-refractivity contribution >= 4 is 28.4 Å². The molecule has 1 atom stereocenters. The van der Waals surface area contributed by atoms with Crippen LogP contribution in [0.2, 0.25) is 5.02 Å². The van der Waals surface area contributed by atoms with Gasteiger partial charge in [0.1, 0.15) is 6.54 Å². The van der Waals surface area contributed by atoms with E-state index in [1.165, 1.54) is 10.9 Å². The third kappa shape index (κ3) is 3.08. The molecule has 1 amide bonds. The van der Waals surface area contributed by atoms with Gasteiger partial charge in [0.2, 0.25) is 5.91 Å². The number of carbonyl (C=O) groups excluding carboxylic acids is 1. The molecule has 1 saturated carbocycles. The van der Waals surface area contributed by atoms with Crippen LogP contribution in [0.25, 0.3) is 10.9 Å². The van der Waals surface area contributed by atoms with Crippen LogP contribution < -0.4 is 10.9 Å². The predicted octanol–water partition coefficient (Wildman–Crippen LogP) is 1.96. The molecule has 0 bridgehead atoms. The van der Waals surface area contributed by atoms with E-state index in [0.717, 1.165) is 12.8 Å². The molecule has 1 aliphatic carbocycles. The molecule has 3 rings (SSSR count). The van der Waals surface area contributed by atoms with E-state index >= 15 is 0 Å². The Labute approximate surface area is 126 Å². The summed E-state index contributed by atoms with van der Waals surface area (Å²) >= 11 is 5.90. The van der Waals surface area contributed by atoms with Crippen LogP contribution in [0.5, 0.6) is 0 Å². The Morgan fingerprint density at radius 3 is 3.00 bits per heavy atom. The maximum absolute atomic E-state index is 12.3. The third-order valence-electron chi connectivity index (χ3n) is 3.82. The zero-order chi connectivity index (χ0) is 15.0. The summed E-state index contributed by atoms with van der Waals surface area (Å²) in [5.41, 5.74) is 0.323. The summed E-state index contributed by atoms with van der Waals surface area (Å²) in [4.78, 5) is 28.5. The van der Waals surface area contributed by atoms with E-state index in [0.29, 0.717) is 21.8 Å². The average molecular weight is 306 g/mol. The van der Waals surface area contributed by atoms with Gasteiger partial charge in [-0.2, -0.15) is 0 Å². The Hall–Kier alpha value is -1.88. The molecule has 1 aliphatic rings. The van der Waals surface area contributed by atoms with Crippen LogP contribution in [0.15, 0.2) is 29.3 Å². The van der Waals surface area contributed by atoms with Gasteiger partial charge in [-0.05, 0) is 43.9 Å². The number of hydrogen-bond donors (Lipinski definition) is 1. The summed E-state index contributed by atoms with van der Waals surface area (Å²) in [6.07, 6.45) is 3.73. The zero-order valence-electron chi connectivity index (χ0n) is 11.7. The fourth-order valence-corrected chi connectivity index (χ4v) is 2.58. The summed E-state index contributed by atoms with van der Waals surface area (Å²) < 4.78 is 1.31. The van der Waals surface area contributed by atoms with Crippen molar-refractivity contribution in [2.75, 3.05) is 0 Å². The predicted molar refractivity (Wildman–Crippen MR) is 81.3 cm³/mol. The molecule has 110 valence electrons. The number of rotatable bonds is 4. The highest BCUT2D eigenvalue weighted by molar-refractivity contribution is 6.31. The Morgan fingerprint density at radius 2 is 2.29 bits per heavy atom. The molecule has 6 heteroatoms. The molecular weight excluding hydrogens is 290 g/mol. The molecule has 1 aromatic carbocycles. The first-order valence-electron chi connectivity index (χ1n) is 6.98. The summed E-state index contributed by atoms with van der Waals surface area (Å²) in [5.74, 6) is 0.416. The first kappa shape index (κ1) is 14.1. The molecule has 0 saturated heterocycles. The smallest absolute Gasteiger partial charge is 0.261 e. The minimum absolute atomic E-state index is 0.0225. The molecule has 1 heterocycles. The number of aromatic nitrogens is 2. The van der Waals surface area contributed by atoms with Gasteiger partial charge in [0.05, 0.1) is 17.2 Å². The minimum atomic E-state index is -0.253. The van der Waals surface area contributed by atoms with Crippen LogP contribution in [-0.4, -0.2) is 21.5 Å². The lowest BCUT2D eigenvalue weighted by atomic mass is 10.2. The van der Waals surface area contributed by atoms with E-state index in [2.05, 4.69) is 10.3 Å². The molecule has 1 fully saturated rings. The number of nitrogens with zero attached hydrogens (tertiary/aromatic N) is 2. The zero-order valence-corrected chi connectivity index (χ0v) is 12.4. The van der Waals surface area contributed by atoms with Crippen molar-refractivity contribution in [3.8, 4) is 0 Å². The molecule has 2 aromatic rings. The van der Waals surface area contributed by atoms with E-state index in [-0.39, 0.29) is 24.1 Å². The summed E-state index contributed by atoms with van der Waals surface area (Å²) in [6.45, 7) is 1.97. The molecular formula is C15H16ClN3O2. The van der Waals surface area contributed by atoms with Gasteiger partial charge in [-0.1, -0.05) is 11.6 Å². The molecule has 0 spiro atoms. The van der Waals surface area contributed by atoms with Crippen LogP contribution in [0.1, 0.15) is 19.8 Å². The van der Waals surface area contributed by atoms with Crippen molar-refractivity contribution in [2.24, 2.45) is 5.92 Å². The molecule has 5 nitrogen and oxygen atoms in total. The van der Waals surface area contributed by atoms with Gasteiger partial charge in [-0.25, -0.2) is 4.98 Å². The number of fused-ring (bicyclic) bond motifs is 1. The monoisotopic (exact) mass is 305 g/mol. The van der Waals surface area contributed by atoms with Gasteiger partial charge in [0.15, 0.2) is 0 Å². The molecule has 21 heavy (non-hydrogen) atoms. The van der Waals surface area contributed by atoms with E-state index in [4.69, 9.17) is 11.6 Å². The molecule has 0 radical (unpaired) electrons. The van der Waals surface area contributed by atoms with Crippen molar-refractivity contribution in [3.05, 3.63) is 39.9 Å². The SMILES string of the molecule is C[C@H](NC(=O)Cn1cnc2ccc(Cl)cc2c1=O)C1CC1. The van der Waals surface area contributed by atoms with Crippen molar-refractivity contribution in [1.82, 2.24) is 14.9 Å². The normalized spacial score (nSPS) is 15.9. The molecule has 0 aliphatic heterocycles. The number of hydrogen-bond acceptors (Lipinski definition) is 3. The highest BCUT2D eigenvalue weighted by atomic mass is 35.5. The van der Waals surface area contributed by atoms with Crippen LogP contribution >= 0.6 is 11.6 Å². The van der Waals surface area contributed by atoms with E-state index in [9.17, 15) is 9.59 Å². The van der Waals surface area contributed by atoms with Crippen LogP contribution in [0, 0.1) is 5.92 Å². The summed E-state index contributed by atoms with van der Waals surface area (Å²) in [7, 11) is 0. The van der Waals surface area contributed by atoms with Gasteiger partial charge in [-0.3, -0.25) is 14.2 Å². The van der Waals surface area contributed by atoms with Gasteiger partial charge < -0.3 is 5.32 Å². The second-order valence-electron chi connectivity index (χ2n) is 5.53. The topological polar surface area (TPSA) is 64.0 Å². The number of amides is 1. The van der Waals surface area contributed by atoms with Gasteiger partial charge in [0, 0.05) is 11.1 Å². The van der Waals surface area contributed by atoms with E-state index in [1.54, 1.807) is 18.2 Å². The highest BCUT2D eigenvalue weighted by Crippen LogP contribution is 2.32. The standard InChI is InChI=1S/C15H16ClN3O2/c1-9(10-2-3-10)18-14(20)7-19-8-17-13-5-4-11(16)6-12(13)15(19)21/h4-6,8-10H,2-3,7H2,1H3,(H,18,20)/t9-/m0/s1. The van der Waals surface area contributed by atoms with E-state index < -0.39 is 0 Å². The van der Waals surface area contributed by atoms with Crippen molar-refractivity contribution in [2.45, 2.75) is 32.4 Å². The third-order valence-corrected chi connectivity index (χ3v) is 4.05. The maximum Gasteiger partial charge on any atom is 0.261 e. The largest absolute Gasteiger partial charge is 0.352 e. The minimum Gasteiger partial charge on any atom is -0.352 e. The number of carbonyl (C=O) groups is 1. The first-order chi connectivity index (χ1) is 10.0. The second kappa shape index (κ2) is 5.48. The lowest BCUT2D eigenvalue weighted by molar-refractivity contribution is -0.122. The quantitative estimate of drug-likeness (QED) is 0.939. The van der Waals surface area contributed by atoms with Crippen LogP contribution in [0.4, 0.5) is 0 Å². The Bertz CT molecular complexity index is 752. The van der Waals surface area contributed by atoms with Crippen molar-refractivity contribution < 1.29 is 4.79 Å². The Kier molecular flexibility index (Phi) is 3.68. The molecule has 1 N–H and O–H groups in total. The summed E-state index contributed by atoms with van der Waals surface area (Å²) in [6, 6.07) is 5.12. The highest BCUT2D eigenvalue weighted by Gasteiger charge is 2.28. The average Bonchev–Trinajstić information content (AvgIpc) is 3.27. The molecule has 1 aromatic heterocycles. The Morgan fingerprint density at radius 1 is 1.52 bits per heavy atom. The Balaban J connectivity index is 1.81. The fourth-order valence-electron chi connectivity index (χ4n) is 2.41. The fraction of sp³-hybridized carbons (Fsp3) is 0.400. The van der Waals surface area contributed by atoms with Crippen molar-refractivity contribution in [1.29, 1.82) is 0 Å². The van der Waals surface area contributed by atoms with Gasteiger partial charge >= 0.3 is 0 Å². The number of halogens is 1. The number of benzene rings is 1. The van der Waals surface area contributed by atoms with Crippen LogP contribution in [-0.2, 0) is 11.3 Å². The lowest BCUT2D eigenvalue weighted by Crippen LogP contribution is -2.38. The van der Waals surface area contributed by atoms with Gasteiger partial charge in [0.25, 0.3) is 5.56 Å². The summed E-state index contributed by atoms with van der Waals surface area (Å²) in [5, 5.41) is 3.83. The second-order valence-corrected chi connectivity index (χ2v) is 5.97. The molecule has 0 unspecified atom stereocenters.